The molecule has 2 rings (SSSR count). The topological polar surface area (TPSA) is 66.9 Å². The van der Waals surface area contributed by atoms with Gasteiger partial charge in [0.15, 0.2) is 0 Å². The molecule has 0 aliphatic heterocycles. The maximum Gasteiger partial charge on any atom is 0.253 e. The first-order valence-electron chi connectivity index (χ1n) is 6.14. The minimum atomic E-state index is -0.0893. The van der Waals surface area contributed by atoms with E-state index in [1.54, 1.807) is 35.3 Å². The molecule has 2 heterocycles. The van der Waals surface area contributed by atoms with Gasteiger partial charge in [-0.2, -0.15) is 0 Å². The van der Waals surface area contributed by atoms with Crippen LogP contribution in [0.4, 0.5) is 5.69 Å². The number of nitrogens with one attached hydrogen (secondary N) is 2. The van der Waals surface area contributed by atoms with Crippen molar-refractivity contribution >= 4 is 22.9 Å². The highest BCUT2D eigenvalue weighted by Crippen LogP contribution is 2.12. The van der Waals surface area contributed by atoms with E-state index in [9.17, 15) is 4.79 Å². The lowest BCUT2D eigenvalue weighted by atomic mass is 10.2. The molecule has 0 spiro atoms. The Morgan fingerprint density at radius 3 is 3.11 bits per heavy atom. The van der Waals surface area contributed by atoms with E-state index in [1.807, 2.05) is 12.3 Å². The molecule has 0 atom stereocenters. The lowest BCUT2D eigenvalue weighted by Crippen LogP contribution is -2.26. The second kappa shape index (κ2) is 6.84. The van der Waals surface area contributed by atoms with Crippen molar-refractivity contribution in [2.45, 2.75) is 13.3 Å². The van der Waals surface area contributed by atoms with Crippen LogP contribution in [0.25, 0.3) is 0 Å². The van der Waals surface area contributed by atoms with Crippen molar-refractivity contribution in [1.82, 2.24) is 15.3 Å². The number of carbonyl (C=O) groups excluding carboxylic acids is 1. The summed E-state index contributed by atoms with van der Waals surface area (Å²) in [7, 11) is 0. The summed E-state index contributed by atoms with van der Waals surface area (Å²) in [6.07, 6.45) is 4.03. The van der Waals surface area contributed by atoms with Gasteiger partial charge >= 0.3 is 0 Å². The predicted octanol–water partition coefficient (Wildman–Crippen LogP) is 1.94. The third-order valence-corrected chi connectivity index (χ3v) is 3.22. The smallest absolute Gasteiger partial charge is 0.253 e. The summed E-state index contributed by atoms with van der Waals surface area (Å²) in [4.78, 5) is 20.3. The average molecular weight is 276 g/mol. The van der Waals surface area contributed by atoms with Crippen molar-refractivity contribution in [2.75, 3.05) is 18.4 Å². The van der Waals surface area contributed by atoms with E-state index in [2.05, 4.69) is 20.6 Å². The Morgan fingerprint density at radius 2 is 2.37 bits per heavy atom. The number of pyridine rings is 1. The molecule has 100 valence electrons. The first-order chi connectivity index (χ1) is 9.31. The molecule has 1 amide bonds. The molecule has 5 nitrogen and oxygen atoms in total. The molecule has 0 aliphatic rings. The standard InChI is InChI=1S/C13H16N4OS/c1-2-15-12-7-14-5-4-11(12)13(18)16-6-3-10-8-19-9-17-10/h4-5,7-9,15H,2-3,6H2,1H3,(H,16,18). The second-order valence-corrected chi connectivity index (χ2v) is 4.66. The van der Waals surface area contributed by atoms with Crippen molar-refractivity contribution in [2.24, 2.45) is 0 Å². The fourth-order valence-electron chi connectivity index (χ4n) is 1.68. The van der Waals surface area contributed by atoms with Gasteiger partial charge in [-0.25, -0.2) is 4.98 Å². The molecule has 2 N–H and O–H groups in total. The van der Waals surface area contributed by atoms with Crippen LogP contribution in [0, 0.1) is 0 Å². The van der Waals surface area contributed by atoms with Crippen LogP contribution < -0.4 is 10.6 Å². The van der Waals surface area contributed by atoms with Gasteiger partial charge in [0.05, 0.1) is 28.7 Å². The van der Waals surface area contributed by atoms with Crippen LogP contribution in [-0.4, -0.2) is 29.0 Å². The maximum absolute atomic E-state index is 12.1. The lowest BCUT2D eigenvalue weighted by Gasteiger charge is -2.10. The maximum atomic E-state index is 12.1. The Hall–Kier alpha value is -1.95. The van der Waals surface area contributed by atoms with Crippen LogP contribution in [0.2, 0.25) is 0 Å². The van der Waals surface area contributed by atoms with Gasteiger partial charge in [-0.1, -0.05) is 0 Å². The summed E-state index contributed by atoms with van der Waals surface area (Å²) in [5.41, 5.74) is 4.18. The van der Waals surface area contributed by atoms with Gasteiger partial charge in [-0.15, -0.1) is 11.3 Å². The largest absolute Gasteiger partial charge is 0.383 e. The SMILES string of the molecule is CCNc1cnccc1C(=O)NCCc1cscn1. The van der Waals surface area contributed by atoms with Gasteiger partial charge < -0.3 is 10.6 Å². The third-order valence-electron chi connectivity index (χ3n) is 2.58. The lowest BCUT2D eigenvalue weighted by molar-refractivity contribution is 0.0955. The molecular formula is C13H16N4OS. The number of rotatable bonds is 6. The van der Waals surface area contributed by atoms with Gasteiger partial charge in [-0.05, 0) is 13.0 Å². The fraction of sp³-hybridized carbons (Fsp3) is 0.308. The van der Waals surface area contributed by atoms with E-state index in [-0.39, 0.29) is 5.91 Å². The molecule has 0 bridgehead atoms. The highest BCUT2D eigenvalue weighted by molar-refractivity contribution is 7.07. The Kier molecular flexibility index (Phi) is 4.85. The highest BCUT2D eigenvalue weighted by atomic mass is 32.1. The number of carbonyl (C=O) groups is 1. The van der Waals surface area contributed by atoms with Gasteiger partial charge in [0, 0.05) is 31.1 Å². The normalized spacial score (nSPS) is 10.2. The van der Waals surface area contributed by atoms with Crippen LogP contribution in [0.5, 0.6) is 0 Å². The molecule has 0 saturated carbocycles. The van der Waals surface area contributed by atoms with Crippen molar-refractivity contribution in [3.63, 3.8) is 0 Å². The van der Waals surface area contributed by atoms with Crippen LogP contribution in [-0.2, 0) is 6.42 Å². The predicted molar refractivity (Wildman–Crippen MR) is 76.6 cm³/mol. The van der Waals surface area contributed by atoms with Crippen LogP contribution >= 0.6 is 11.3 Å². The number of hydrogen-bond donors (Lipinski definition) is 2. The van der Waals surface area contributed by atoms with Crippen LogP contribution in [0.15, 0.2) is 29.4 Å². The molecule has 19 heavy (non-hydrogen) atoms. The van der Waals surface area contributed by atoms with E-state index in [0.717, 1.165) is 24.3 Å². The Balaban J connectivity index is 1.92. The van der Waals surface area contributed by atoms with Crippen molar-refractivity contribution in [3.05, 3.63) is 40.6 Å². The summed E-state index contributed by atoms with van der Waals surface area (Å²) in [6.45, 7) is 3.32. The summed E-state index contributed by atoms with van der Waals surface area (Å²) in [6, 6.07) is 1.72. The van der Waals surface area contributed by atoms with Crippen molar-refractivity contribution < 1.29 is 4.79 Å². The molecule has 0 aromatic carbocycles. The first kappa shape index (κ1) is 13.5. The second-order valence-electron chi connectivity index (χ2n) is 3.94. The summed E-state index contributed by atoms with van der Waals surface area (Å²) >= 11 is 1.56. The minimum absolute atomic E-state index is 0.0893. The zero-order chi connectivity index (χ0) is 13.5. The van der Waals surface area contributed by atoms with Crippen LogP contribution in [0.1, 0.15) is 23.0 Å². The van der Waals surface area contributed by atoms with Gasteiger partial charge in [0.2, 0.25) is 0 Å². The molecule has 2 aromatic rings. The number of aromatic nitrogens is 2. The highest BCUT2D eigenvalue weighted by Gasteiger charge is 2.10. The Bertz CT molecular complexity index is 527. The number of anilines is 1. The molecule has 0 aliphatic carbocycles. The molecule has 0 fully saturated rings. The summed E-state index contributed by atoms with van der Waals surface area (Å²) < 4.78 is 0. The molecule has 0 saturated heterocycles. The van der Waals surface area contributed by atoms with E-state index in [1.165, 1.54) is 0 Å². The monoisotopic (exact) mass is 276 g/mol. The van der Waals surface area contributed by atoms with Crippen molar-refractivity contribution in [1.29, 1.82) is 0 Å². The van der Waals surface area contributed by atoms with Gasteiger partial charge in [0.1, 0.15) is 0 Å². The number of hydrogen-bond acceptors (Lipinski definition) is 5. The van der Waals surface area contributed by atoms with Gasteiger partial charge in [0.25, 0.3) is 5.91 Å². The summed E-state index contributed by atoms with van der Waals surface area (Å²) in [5, 5.41) is 8.01. The fourth-order valence-corrected chi connectivity index (χ4v) is 2.28. The summed E-state index contributed by atoms with van der Waals surface area (Å²) in [5.74, 6) is -0.0893. The third kappa shape index (κ3) is 3.75. The number of amides is 1. The molecule has 6 heteroatoms. The minimum Gasteiger partial charge on any atom is -0.383 e. The Morgan fingerprint density at radius 1 is 1.47 bits per heavy atom. The molecule has 2 aromatic heterocycles. The van der Waals surface area contributed by atoms with Gasteiger partial charge in [-0.3, -0.25) is 9.78 Å². The van der Waals surface area contributed by atoms with E-state index in [0.29, 0.717) is 12.1 Å². The average Bonchev–Trinajstić information content (AvgIpc) is 2.93. The van der Waals surface area contributed by atoms with Crippen molar-refractivity contribution in [3.8, 4) is 0 Å². The van der Waals surface area contributed by atoms with E-state index in [4.69, 9.17) is 0 Å². The number of thiazole rings is 1. The Labute approximate surface area is 116 Å². The first-order valence-corrected chi connectivity index (χ1v) is 7.08. The van der Waals surface area contributed by atoms with E-state index < -0.39 is 0 Å². The quantitative estimate of drug-likeness (QED) is 0.846. The number of nitrogens with zero attached hydrogens (tertiary/aromatic N) is 2. The molecule has 0 unspecified atom stereocenters. The van der Waals surface area contributed by atoms with Crippen LogP contribution in [0.3, 0.4) is 0 Å². The van der Waals surface area contributed by atoms with E-state index >= 15 is 0 Å². The zero-order valence-corrected chi connectivity index (χ0v) is 11.5. The molecular weight excluding hydrogens is 260 g/mol. The molecule has 0 radical (unpaired) electrons. The zero-order valence-electron chi connectivity index (χ0n) is 10.7.